The van der Waals surface area contributed by atoms with E-state index in [0.29, 0.717) is 11.7 Å². The maximum absolute atomic E-state index is 5.38. The number of rotatable bonds is 4. The molecule has 100 valence electrons. The molecule has 1 saturated heterocycles. The van der Waals surface area contributed by atoms with Crippen molar-refractivity contribution >= 4 is 0 Å². The quantitative estimate of drug-likeness (QED) is 0.890. The van der Waals surface area contributed by atoms with Crippen molar-refractivity contribution in [1.82, 2.24) is 5.32 Å². The summed E-state index contributed by atoms with van der Waals surface area (Å²) in [5.74, 6) is 2.65. The smallest absolute Gasteiger partial charge is 0.203 e. The highest BCUT2D eigenvalue weighted by atomic mass is 16.5. The highest BCUT2D eigenvalue weighted by Gasteiger charge is 2.20. The van der Waals surface area contributed by atoms with Gasteiger partial charge in [-0.15, -0.1) is 0 Å². The van der Waals surface area contributed by atoms with E-state index in [1.165, 1.54) is 18.4 Å². The van der Waals surface area contributed by atoms with Gasteiger partial charge >= 0.3 is 0 Å². The molecular weight excluding hydrogens is 230 g/mol. The van der Waals surface area contributed by atoms with E-state index in [1.54, 1.807) is 21.3 Å². The summed E-state index contributed by atoms with van der Waals surface area (Å²) in [6, 6.07) is 4.11. The fourth-order valence-corrected chi connectivity index (χ4v) is 2.47. The van der Waals surface area contributed by atoms with Crippen molar-refractivity contribution in [3.05, 3.63) is 17.7 Å². The average molecular weight is 251 g/mol. The number of ether oxygens (including phenoxy) is 3. The summed E-state index contributed by atoms with van der Waals surface area (Å²) < 4.78 is 16.1. The van der Waals surface area contributed by atoms with Gasteiger partial charge in [0.1, 0.15) is 0 Å². The van der Waals surface area contributed by atoms with Gasteiger partial charge in [-0.1, -0.05) is 0 Å². The molecule has 18 heavy (non-hydrogen) atoms. The molecule has 1 aromatic rings. The maximum Gasteiger partial charge on any atom is 0.203 e. The standard InChI is InChI=1S/C14H21NO3/c1-16-12-7-11(10-5-4-6-15-9-10)8-13(17-2)14(12)18-3/h7-8,10,15H,4-6,9H2,1-3H3. The zero-order valence-electron chi connectivity index (χ0n) is 11.3. The molecule has 4 nitrogen and oxygen atoms in total. The van der Waals surface area contributed by atoms with E-state index in [2.05, 4.69) is 17.4 Å². The van der Waals surface area contributed by atoms with Crippen molar-refractivity contribution in [2.45, 2.75) is 18.8 Å². The molecule has 1 aromatic carbocycles. The molecule has 0 aromatic heterocycles. The van der Waals surface area contributed by atoms with Gasteiger partial charge in [-0.05, 0) is 43.0 Å². The van der Waals surface area contributed by atoms with Gasteiger partial charge in [0.15, 0.2) is 11.5 Å². The molecule has 0 radical (unpaired) electrons. The Morgan fingerprint density at radius 3 is 2.17 bits per heavy atom. The molecule has 1 heterocycles. The summed E-state index contributed by atoms with van der Waals surface area (Å²) >= 11 is 0. The Bertz CT molecular complexity index is 375. The predicted molar refractivity (Wildman–Crippen MR) is 70.9 cm³/mol. The van der Waals surface area contributed by atoms with Crippen LogP contribution in [0.3, 0.4) is 0 Å². The van der Waals surface area contributed by atoms with Crippen molar-refractivity contribution in [2.24, 2.45) is 0 Å². The zero-order valence-corrected chi connectivity index (χ0v) is 11.3. The molecule has 0 spiro atoms. The van der Waals surface area contributed by atoms with Crippen LogP contribution in [0.2, 0.25) is 0 Å². The Morgan fingerprint density at radius 1 is 1.06 bits per heavy atom. The van der Waals surface area contributed by atoms with Gasteiger partial charge in [-0.25, -0.2) is 0 Å². The highest BCUT2D eigenvalue weighted by Crippen LogP contribution is 2.40. The molecule has 0 aliphatic carbocycles. The van der Waals surface area contributed by atoms with E-state index in [9.17, 15) is 0 Å². The fraction of sp³-hybridized carbons (Fsp3) is 0.571. The molecular formula is C14H21NO3. The summed E-state index contributed by atoms with van der Waals surface area (Å²) in [5, 5.41) is 3.42. The number of methoxy groups -OCH3 is 3. The molecule has 1 atom stereocenters. The third-order valence-electron chi connectivity index (χ3n) is 3.46. The van der Waals surface area contributed by atoms with E-state index < -0.39 is 0 Å². The van der Waals surface area contributed by atoms with Crippen molar-refractivity contribution in [1.29, 1.82) is 0 Å². The molecule has 0 bridgehead atoms. The summed E-state index contributed by atoms with van der Waals surface area (Å²) in [6.45, 7) is 2.12. The van der Waals surface area contributed by atoms with Gasteiger partial charge in [-0.2, -0.15) is 0 Å². The van der Waals surface area contributed by atoms with Crippen LogP contribution >= 0.6 is 0 Å². The highest BCUT2D eigenvalue weighted by molar-refractivity contribution is 5.54. The molecule has 1 aliphatic heterocycles. The first kappa shape index (κ1) is 13.0. The molecule has 2 rings (SSSR count). The van der Waals surface area contributed by atoms with Gasteiger partial charge in [0.25, 0.3) is 0 Å². The van der Waals surface area contributed by atoms with E-state index in [4.69, 9.17) is 14.2 Å². The van der Waals surface area contributed by atoms with Crippen molar-refractivity contribution < 1.29 is 14.2 Å². The SMILES string of the molecule is COc1cc(C2CCCNC2)cc(OC)c1OC. The number of piperidine rings is 1. The lowest BCUT2D eigenvalue weighted by Crippen LogP contribution is -2.28. The second-order valence-corrected chi connectivity index (χ2v) is 4.50. The third-order valence-corrected chi connectivity index (χ3v) is 3.46. The van der Waals surface area contributed by atoms with Crippen molar-refractivity contribution in [3.63, 3.8) is 0 Å². The minimum atomic E-state index is 0.521. The normalized spacial score (nSPS) is 19.4. The van der Waals surface area contributed by atoms with E-state index in [1.807, 2.05) is 0 Å². The summed E-state index contributed by atoms with van der Waals surface area (Å²) in [4.78, 5) is 0. The lowest BCUT2D eigenvalue weighted by Gasteiger charge is -2.24. The molecule has 4 heteroatoms. The Hall–Kier alpha value is -1.42. The van der Waals surface area contributed by atoms with Crippen LogP contribution in [0.1, 0.15) is 24.3 Å². The number of benzene rings is 1. The lowest BCUT2D eigenvalue weighted by atomic mass is 9.91. The first-order valence-corrected chi connectivity index (χ1v) is 6.30. The molecule has 1 fully saturated rings. The minimum absolute atomic E-state index is 0.521. The average Bonchev–Trinajstić information content (AvgIpc) is 2.46. The number of hydrogen-bond donors (Lipinski definition) is 1. The third kappa shape index (κ3) is 2.53. The maximum atomic E-state index is 5.38. The molecule has 1 N–H and O–H groups in total. The van der Waals surface area contributed by atoms with E-state index in [0.717, 1.165) is 24.6 Å². The molecule has 0 amide bonds. The van der Waals surface area contributed by atoms with Crippen LogP contribution in [0.5, 0.6) is 17.2 Å². The topological polar surface area (TPSA) is 39.7 Å². The Labute approximate surface area is 108 Å². The second-order valence-electron chi connectivity index (χ2n) is 4.50. The molecule has 0 saturated carbocycles. The largest absolute Gasteiger partial charge is 0.493 e. The Kier molecular flexibility index (Phi) is 4.31. The first-order chi connectivity index (χ1) is 8.80. The summed E-state index contributed by atoms with van der Waals surface area (Å²) in [5.41, 5.74) is 1.25. The number of nitrogens with one attached hydrogen (secondary N) is 1. The summed E-state index contributed by atoms with van der Waals surface area (Å²) in [6.07, 6.45) is 2.41. The first-order valence-electron chi connectivity index (χ1n) is 6.30. The van der Waals surface area contributed by atoms with E-state index >= 15 is 0 Å². The predicted octanol–water partition coefficient (Wildman–Crippen LogP) is 2.18. The van der Waals surface area contributed by atoms with Gasteiger partial charge in [0.2, 0.25) is 5.75 Å². The second kappa shape index (κ2) is 5.96. The zero-order chi connectivity index (χ0) is 13.0. The van der Waals surface area contributed by atoms with Crippen molar-refractivity contribution in [2.75, 3.05) is 34.4 Å². The van der Waals surface area contributed by atoms with Crippen molar-refractivity contribution in [3.8, 4) is 17.2 Å². The van der Waals surface area contributed by atoms with Crippen LogP contribution in [-0.4, -0.2) is 34.4 Å². The van der Waals surface area contributed by atoms with Crippen LogP contribution in [0.25, 0.3) is 0 Å². The van der Waals surface area contributed by atoms with Crippen LogP contribution in [0.4, 0.5) is 0 Å². The molecule has 1 aliphatic rings. The Balaban J connectivity index is 2.35. The van der Waals surface area contributed by atoms with E-state index in [-0.39, 0.29) is 0 Å². The van der Waals surface area contributed by atoms with Gasteiger partial charge in [0.05, 0.1) is 21.3 Å². The number of hydrogen-bond acceptors (Lipinski definition) is 4. The Morgan fingerprint density at radius 2 is 1.72 bits per heavy atom. The van der Waals surface area contributed by atoms with Crippen LogP contribution in [-0.2, 0) is 0 Å². The van der Waals surface area contributed by atoms with Gasteiger partial charge in [0, 0.05) is 6.54 Å². The van der Waals surface area contributed by atoms with Crippen LogP contribution < -0.4 is 19.5 Å². The monoisotopic (exact) mass is 251 g/mol. The van der Waals surface area contributed by atoms with Gasteiger partial charge in [-0.3, -0.25) is 0 Å². The minimum Gasteiger partial charge on any atom is -0.493 e. The van der Waals surface area contributed by atoms with Crippen LogP contribution in [0, 0.1) is 0 Å². The van der Waals surface area contributed by atoms with Crippen LogP contribution in [0.15, 0.2) is 12.1 Å². The molecule has 1 unspecified atom stereocenters. The summed E-state index contributed by atoms with van der Waals surface area (Å²) in [7, 11) is 4.93. The van der Waals surface area contributed by atoms with Gasteiger partial charge < -0.3 is 19.5 Å². The fourth-order valence-electron chi connectivity index (χ4n) is 2.47. The lowest BCUT2D eigenvalue weighted by molar-refractivity contribution is 0.322.